The molecular formula is C17H18N4O3S. The summed E-state index contributed by atoms with van der Waals surface area (Å²) in [5.41, 5.74) is 1.87. The number of nitrogens with one attached hydrogen (secondary N) is 2. The van der Waals surface area contributed by atoms with Crippen molar-refractivity contribution in [2.24, 2.45) is 0 Å². The topological polar surface area (TPSA) is 91.4 Å². The lowest BCUT2D eigenvalue weighted by Gasteiger charge is -2.12. The van der Waals surface area contributed by atoms with E-state index >= 15 is 0 Å². The van der Waals surface area contributed by atoms with E-state index in [9.17, 15) is 13.2 Å². The summed E-state index contributed by atoms with van der Waals surface area (Å²) in [5, 5.41) is 3.25. The Labute approximate surface area is 146 Å². The predicted molar refractivity (Wildman–Crippen MR) is 95.2 cm³/mol. The lowest BCUT2D eigenvalue weighted by molar-refractivity contribution is -0.117. The summed E-state index contributed by atoms with van der Waals surface area (Å²) < 4.78 is 27.7. The van der Waals surface area contributed by atoms with Crippen LogP contribution >= 0.6 is 0 Å². The highest BCUT2D eigenvalue weighted by molar-refractivity contribution is 7.92. The monoisotopic (exact) mass is 358 g/mol. The molecule has 8 heteroatoms. The molecule has 1 aliphatic carbocycles. The zero-order chi connectivity index (χ0) is 17.6. The van der Waals surface area contributed by atoms with E-state index in [1.165, 1.54) is 17.2 Å². The summed E-state index contributed by atoms with van der Waals surface area (Å²) in [4.78, 5) is 17.6. The molecule has 2 aromatic rings. The van der Waals surface area contributed by atoms with Crippen LogP contribution in [0.4, 0.5) is 17.2 Å². The minimum atomic E-state index is -3.73. The second-order valence-electron chi connectivity index (χ2n) is 6.38. The van der Waals surface area contributed by atoms with Crippen LogP contribution in [-0.4, -0.2) is 32.4 Å². The first-order valence-corrected chi connectivity index (χ1v) is 9.55. The van der Waals surface area contributed by atoms with Crippen LogP contribution < -0.4 is 14.9 Å². The third-order valence-corrected chi connectivity index (χ3v) is 5.76. The minimum absolute atomic E-state index is 0.0412. The van der Waals surface area contributed by atoms with Gasteiger partial charge in [-0.2, -0.15) is 0 Å². The molecule has 1 amide bonds. The average Bonchev–Trinajstić information content (AvgIpc) is 3.35. The summed E-state index contributed by atoms with van der Waals surface area (Å²) in [7, 11) is -2.05. The van der Waals surface area contributed by atoms with Crippen molar-refractivity contribution in [3.05, 3.63) is 42.1 Å². The van der Waals surface area contributed by atoms with Crippen molar-refractivity contribution < 1.29 is 13.2 Å². The Morgan fingerprint density at radius 2 is 2.00 bits per heavy atom. The standard InChI is InChI=1S/C17H18N4O3S/c1-21-15-6-5-14(8-11(15)9-17(21)22)25(23,24)20-13-4-7-16(18-10-13)19-12-2-3-12/h4-8,10,12,20H,2-3,9H2,1H3,(H,18,19). The first-order chi connectivity index (χ1) is 11.9. The molecule has 2 aliphatic rings. The van der Waals surface area contributed by atoms with Gasteiger partial charge >= 0.3 is 0 Å². The van der Waals surface area contributed by atoms with E-state index in [0.29, 0.717) is 11.7 Å². The van der Waals surface area contributed by atoms with Crippen LogP contribution in [-0.2, 0) is 21.2 Å². The number of amides is 1. The molecule has 1 aromatic heterocycles. The third-order valence-electron chi connectivity index (χ3n) is 4.38. The van der Waals surface area contributed by atoms with Gasteiger partial charge in [0, 0.05) is 18.8 Å². The molecule has 0 saturated heterocycles. The molecule has 2 heterocycles. The molecule has 0 bridgehead atoms. The number of hydrogen-bond acceptors (Lipinski definition) is 5. The van der Waals surface area contributed by atoms with Crippen molar-refractivity contribution >= 4 is 33.1 Å². The molecule has 0 radical (unpaired) electrons. The number of pyridine rings is 1. The van der Waals surface area contributed by atoms with Gasteiger partial charge < -0.3 is 10.2 Å². The Bertz CT molecular complexity index is 937. The van der Waals surface area contributed by atoms with E-state index in [4.69, 9.17) is 0 Å². The number of carbonyl (C=O) groups is 1. The van der Waals surface area contributed by atoms with E-state index in [0.717, 1.165) is 29.9 Å². The van der Waals surface area contributed by atoms with Crippen molar-refractivity contribution in [1.82, 2.24) is 4.98 Å². The number of benzene rings is 1. The molecule has 4 rings (SSSR count). The van der Waals surface area contributed by atoms with Gasteiger partial charge in [-0.15, -0.1) is 0 Å². The molecule has 0 unspecified atom stereocenters. The normalized spacial score (nSPS) is 16.7. The predicted octanol–water partition coefficient (Wildman–Crippen LogP) is 1.98. The first-order valence-electron chi connectivity index (χ1n) is 8.07. The van der Waals surface area contributed by atoms with Crippen LogP contribution in [0.1, 0.15) is 18.4 Å². The Hall–Kier alpha value is -2.61. The average molecular weight is 358 g/mol. The Kier molecular flexibility index (Phi) is 3.64. The molecule has 1 aliphatic heterocycles. The number of rotatable bonds is 5. The number of carbonyl (C=O) groups excluding carboxylic acids is 1. The second kappa shape index (κ2) is 5.73. The second-order valence-corrected chi connectivity index (χ2v) is 8.06. The lowest BCUT2D eigenvalue weighted by Crippen LogP contribution is -2.20. The van der Waals surface area contributed by atoms with Gasteiger partial charge in [0.05, 0.1) is 23.2 Å². The number of nitrogens with zero attached hydrogens (tertiary/aromatic N) is 2. The highest BCUT2D eigenvalue weighted by Gasteiger charge is 2.26. The molecule has 0 atom stereocenters. The quantitative estimate of drug-likeness (QED) is 0.853. The summed E-state index contributed by atoms with van der Waals surface area (Å²) in [5.74, 6) is 0.699. The van der Waals surface area contributed by atoms with E-state index in [-0.39, 0.29) is 17.2 Å². The van der Waals surface area contributed by atoms with Gasteiger partial charge in [-0.1, -0.05) is 0 Å². The fourth-order valence-corrected chi connectivity index (χ4v) is 3.90. The van der Waals surface area contributed by atoms with Crippen molar-refractivity contribution in [1.29, 1.82) is 0 Å². The summed E-state index contributed by atoms with van der Waals surface area (Å²) in [6.07, 6.45) is 4.00. The summed E-state index contributed by atoms with van der Waals surface area (Å²) in [6.45, 7) is 0. The number of sulfonamides is 1. The van der Waals surface area contributed by atoms with Gasteiger partial charge in [0.1, 0.15) is 5.82 Å². The summed E-state index contributed by atoms with van der Waals surface area (Å²) >= 11 is 0. The molecule has 1 saturated carbocycles. The molecule has 130 valence electrons. The number of aromatic nitrogens is 1. The largest absolute Gasteiger partial charge is 0.367 e. The van der Waals surface area contributed by atoms with Crippen LogP contribution in [0.3, 0.4) is 0 Å². The number of fused-ring (bicyclic) bond motifs is 1. The van der Waals surface area contributed by atoms with Gasteiger partial charge in [-0.3, -0.25) is 9.52 Å². The van der Waals surface area contributed by atoms with E-state index < -0.39 is 10.0 Å². The van der Waals surface area contributed by atoms with Crippen molar-refractivity contribution in [3.63, 3.8) is 0 Å². The van der Waals surface area contributed by atoms with E-state index in [2.05, 4.69) is 15.0 Å². The lowest BCUT2D eigenvalue weighted by atomic mass is 10.2. The van der Waals surface area contributed by atoms with Crippen LogP contribution in [0.25, 0.3) is 0 Å². The van der Waals surface area contributed by atoms with Crippen molar-refractivity contribution in [3.8, 4) is 0 Å². The maximum Gasteiger partial charge on any atom is 0.261 e. The van der Waals surface area contributed by atoms with E-state index in [1.54, 1.807) is 31.3 Å². The van der Waals surface area contributed by atoms with Crippen LogP contribution in [0, 0.1) is 0 Å². The Morgan fingerprint density at radius 1 is 1.20 bits per heavy atom. The molecule has 1 fully saturated rings. The van der Waals surface area contributed by atoms with Gasteiger partial charge in [-0.25, -0.2) is 13.4 Å². The number of hydrogen-bond donors (Lipinski definition) is 2. The van der Waals surface area contributed by atoms with Crippen molar-refractivity contribution in [2.75, 3.05) is 22.0 Å². The fourth-order valence-electron chi connectivity index (χ4n) is 2.80. The summed E-state index contributed by atoms with van der Waals surface area (Å²) in [6, 6.07) is 8.65. The SMILES string of the molecule is CN1C(=O)Cc2cc(S(=O)(=O)Nc3ccc(NC4CC4)nc3)ccc21. The highest BCUT2D eigenvalue weighted by atomic mass is 32.2. The van der Waals surface area contributed by atoms with Crippen molar-refractivity contribution in [2.45, 2.75) is 30.2 Å². The third kappa shape index (κ3) is 3.17. The zero-order valence-corrected chi connectivity index (χ0v) is 14.5. The fraction of sp³-hybridized carbons (Fsp3) is 0.294. The van der Waals surface area contributed by atoms with Crippen LogP contribution in [0.15, 0.2) is 41.4 Å². The van der Waals surface area contributed by atoms with Crippen LogP contribution in [0.5, 0.6) is 0 Å². The van der Waals surface area contributed by atoms with Gasteiger partial charge in [0.25, 0.3) is 10.0 Å². The molecule has 25 heavy (non-hydrogen) atoms. The number of anilines is 3. The highest BCUT2D eigenvalue weighted by Crippen LogP contribution is 2.30. The molecule has 7 nitrogen and oxygen atoms in total. The maximum absolute atomic E-state index is 12.6. The van der Waals surface area contributed by atoms with Gasteiger partial charge in [-0.05, 0) is 48.7 Å². The smallest absolute Gasteiger partial charge is 0.261 e. The molecule has 1 aromatic carbocycles. The molecule has 2 N–H and O–H groups in total. The minimum Gasteiger partial charge on any atom is -0.367 e. The first kappa shape index (κ1) is 15.9. The molecule has 0 spiro atoms. The number of likely N-dealkylation sites (N-methyl/N-ethyl adjacent to an activating group) is 1. The van der Waals surface area contributed by atoms with Gasteiger partial charge in [0.2, 0.25) is 5.91 Å². The Morgan fingerprint density at radius 3 is 2.68 bits per heavy atom. The van der Waals surface area contributed by atoms with Gasteiger partial charge in [0.15, 0.2) is 0 Å². The van der Waals surface area contributed by atoms with E-state index in [1.807, 2.05) is 0 Å². The molecular weight excluding hydrogens is 340 g/mol. The van der Waals surface area contributed by atoms with Crippen LogP contribution in [0.2, 0.25) is 0 Å². The zero-order valence-electron chi connectivity index (χ0n) is 13.7. The maximum atomic E-state index is 12.6. The Balaban J connectivity index is 1.53.